The van der Waals surface area contributed by atoms with Crippen molar-refractivity contribution in [2.75, 3.05) is 0 Å². The zero-order valence-electron chi connectivity index (χ0n) is 9.28. The Bertz CT molecular complexity index is 288. The number of nitrogens with two attached hydrogens (primary N) is 1. The van der Waals surface area contributed by atoms with E-state index in [1.807, 2.05) is 0 Å². The Labute approximate surface area is 98.5 Å². The van der Waals surface area contributed by atoms with Crippen molar-refractivity contribution in [3.8, 4) is 0 Å². The standard InChI is InChI=1S/C13H19N.ClH/c1-10-6-8-12(9-7-10)13(14)11-4-2-3-5-11;/h6-9,11,13H,2-5,14H2,1H3;1H. The van der Waals surface area contributed by atoms with E-state index in [0.29, 0.717) is 0 Å². The van der Waals surface area contributed by atoms with E-state index in [-0.39, 0.29) is 18.4 Å². The average molecular weight is 226 g/mol. The van der Waals surface area contributed by atoms with Crippen LogP contribution >= 0.6 is 12.4 Å². The van der Waals surface area contributed by atoms with Crippen LogP contribution in [0.2, 0.25) is 0 Å². The fourth-order valence-electron chi connectivity index (χ4n) is 2.38. The van der Waals surface area contributed by atoms with Crippen LogP contribution < -0.4 is 5.73 Å². The average Bonchev–Trinajstić information content (AvgIpc) is 2.71. The molecular weight excluding hydrogens is 206 g/mol. The topological polar surface area (TPSA) is 26.0 Å². The predicted molar refractivity (Wildman–Crippen MR) is 67.3 cm³/mol. The molecule has 1 saturated carbocycles. The first kappa shape index (κ1) is 12.5. The second kappa shape index (κ2) is 5.53. The number of hydrogen-bond donors (Lipinski definition) is 1. The van der Waals surface area contributed by atoms with Gasteiger partial charge in [-0.15, -0.1) is 12.4 Å². The van der Waals surface area contributed by atoms with Crippen LogP contribution in [0, 0.1) is 12.8 Å². The number of halogens is 1. The minimum Gasteiger partial charge on any atom is -0.324 e. The lowest BCUT2D eigenvalue weighted by Crippen LogP contribution is -2.18. The first-order valence-corrected chi connectivity index (χ1v) is 5.59. The van der Waals surface area contributed by atoms with E-state index in [4.69, 9.17) is 5.73 Å². The molecular formula is C13H20ClN. The van der Waals surface area contributed by atoms with Crippen LogP contribution in [-0.4, -0.2) is 0 Å². The Morgan fingerprint density at radius 1 is 1.13 bits per heavy atom. The first-order valence-electron chi connectivity index (χ1n) is 5.59. The SMILES string of the molecule is Cc1ccc(C(N)C2CCCC2)cc1.Cl. The van der Waals surface area contributed by atoms with Gasteiger partial charge in [-0.1, -0.05) is 42.7 Å². The number of aryl methyl sites for hydroxylation is 1. The zero-order valence-corrected chi connectivity index (χ0v) is 10.1. The van der Waals surface area contributed by atoms with Gasteiger partial charge in [0.15, 0.2) is 0 Å². The summed E-state index contributed by atoms with van der Waals surface area (Å²) in [6, 6.07) is 8.93. The molecule has 15 heavy (non-hydrogen) atoms. The fourth-order valence-corrected chi connectivity index (χ4v) is 2.38. The van der Waals surface area contributed by atoms with Crippen molar-refractivity contribution in [3.63, 3.8) is 0 Å². The Kier molecular flexibility index (Phi) is 4.62. The Balaban J connectivity index is 0.00000112. The maximum Gasteiger partial charge on any atom is 0.0323 e. The highest BCUT2D eigenvalue weighted by atomic mass is 35.5. The first-order chi connectivity index (χ1) is 6.77. The predicted octanol–water partition coefficient (Wildman–Crippen LogP) is 3.61. The quantitative estimate of drug-likeness (QED) is 0.818. The van der Waals surface area contributed by atoms with Crippen LogP contribution in [-0.2, 0) is 0 Å². The fraction of sp³-hybridized carbons (Fsp3) is 0.538. The smallest absolute Gasteiger partial charge is 0.0323 e. The molecule has 1 aliphatic rings. The van der Waals surface area contributed by atoms with Crippen molar-refractivity contribution in [2.45, 2.75) is 38.6 Å². The lowest BCUT2D eigenvalue weighted by atomic mass is 9.92. The third kappa shape index (κ3) is 2.96. The van der Waals surface area contributed by atoms with Crippen LogP contribution in [0.25, 0.3) is 0 Å². The summed E-state index contributed by atoms with van der Waals surface area (Å²) in [5.74, 6) is 0.720. The molecule has 1 fully saturated rings. The lowest BCUT2D eigenvalue weighted by molar-refractivity contribution is 0.445. The summed E-state index contributed by atoms with van der Waals surface area (Å²) in [6.07, 6.45) is 5.36. The summed E-state index contributed by atoms with van der Waals surface area (Å²) in [6.45, 7) is 2.12. The van der Waals surface area contributed by atoms with Gasteiger partial charge >= 0.3 is 0 Å². The van der Waals surface area contributed by atoms with Crippen molar-refractivity contribution in [2.24, 2.45) is 11.7 Å². The van der Waals surface area contributed by atoms with E-state index < -0.39 is 0 Å². The normalized spacial score (nSPS) is 18.5. The second-order valence-corrected chi connectivity index (χ2v) is 4.48. The molecule has 0 heterocycles. The summed E-state index contributed by atoms with van der Waals surface area (Å²) in [5, 5.41) is 0. The molecule has 1 unspecified atom stereocenters. The summed E-state index contributed by atoms with van der Waals surface area (Å²) in [7, 11) is 0. The molecule has 0 aliphatic heterocycles. The van der Waals surface area contributed by atoms with Gasteiger partial charge in [0.2, 0.25) is 0 Å². The van der Waals surface area contributed by atoms with Crippen LogP contribution in [0.4, 0.5) is 0 Å². The molecule has 0 aromatic heterocycles. The summed E-state index contributed by atoms with van der Waals surface area (Å²) >= 11 is 0. The van der Waals surface area contributed by atoms with E-state index in [9.17, 15) is 0 Å². The molecule has 0 saturated heterocycles. The van der Waals surface area contributed by atoms with Crippen LogP contribution in [0.1, 0.15) is 42.9 Å². The van der Waals surface area contributed by atoms with Gasteiger partial charge in [-0.3, -0.25) is 0 Å². The monoisotopic (exact) mass is 225 g/mol. The van der Waals surface area contributed by atoms with Crippen LogP contribution in [0.5, 0.6) is 0 Å². The highest BCUT2D eigenvalue weighted by Crippen LogP contribution is 2.33. The minimum absolute atomic E-state index is 0. The molecule has 0 amide bonds. The van der Waals surface area contributed by atoms with Gasteiger partial charge in [-0.2, -0.15) is 0 Å². The van der Waals surface area contributed by atoms with Crippen molar-refractivity contribution in [1.29, 1.82) is 0 Å². The van der Waals surface area contributed by atoms with Crippen molar-refractivity contribution in [1.82, 2.24) is 0 Å². The molecule has 1 atom stereocenters. The van der Waals surface area contributed by atoms with Gasteiger partial charge in [-0.05, 0) is 31.2 Å². The van der Waals surface area contributed by atoms with Gasteiger partial charge in [-0.25, -0.2) is 0 Å². The molecule has 2 rings (SSSR count). The highest BCUT2D eigenvalue weighted by Gasteiger charge is 2.22. The third-order valence-corrected chi connectivity index (χ3v) is 3.37. The molecule has 2 N–H and O–H groups in total. The molecule has 0 bridgehead atoms. The van der Waals surface area contributed by atoms with Crippen molar-refractivity contribution < 1.29 is 0 Å². The molecule has 0 spiro atoms. The van der Waals surface area contributed by atoms with Gasteiger partial charge in [0, 0.05) is 6.04 Å². The Morgan fingerprint density at radius 2 is 1.67 bits per heavy atom. The third-order valence-electron chi connectivity index (χ3n) is 3.37. The van der Waals surface area contributed by atoms with E-state index in [0.717, 1.165) is 5.92 Å². The lowest BCUT2D eigenvalue weighted by Gasteiger charge is -2.19. The number of rotatable bonds is 2. The second-order valence-electron chi connectivity index (χ2n) is 4.48. The molecule has 1 aliphatic carbocycles. The molecule has 0 radical (unpaired) electrons. The zero-order chi connectivity index (χ0) is 9.97. The molecule has 2 heteroatoms. The summed E-state index contributed by atoms with van der Waals surface area (Å²) in [4.78, 5) is 0. The largest absolute Gasteiger partial charge is 0.324 e. The van der Waals surface area contributed by atoms with Crippen molar-refractivity contribution >= 4 is 12.4 Å². The molecule has 84 valence electrons. The van der Waals surface area contributed by atoms with Gasteiger partial charge < -0.3 is 5.73 Å². The van der Waals surface area contributed by atoms with E-state index in [2.05, 4.69) is 31.2 Å². The van der Waals surface area contributed by atoms with Crippen molar-refractivity contribution in [3.05, 3.63) is 35.4 Å². The highest BCUT2D eigenvalue weighted by molar-refractivity contribution is 5.85. The number of hydrogen-bond acceptors (Lipinski definition) is 1. The Hall–Kier alpha value is -0.530. The summed E-state index contributed by atoms with van der Waals surface area (Å²) in [5.41, 5.74) is 8.87. The van der Waals surface area contributed by atoms with E-state index >= 15 is 0 Å². The van der Waals surface area contributed by atoms with Gasteiger partial charge in [0.25, 0.3) is 0 Å². The van der Waals surface area contributed by atoms with Crippen LogP contribution in [0.3, 0.4) is 0 Å². The van der Waals surface area contributed by atoms with E-state index in [1.165, 1.54) is 36.8 Å². The summed E-state index contributed by atoms with van der Waals surface area (Å²) < 4.78 is 0. The van der Waals surface area contributed by atoms with Gasteiger partial charge in [0.1, 0.15) is 0 Å². The minimum atomic E-state index is 0. The van der Waals surface area contributed by atoms with Crippen LogP contribution in [0.15, 0.2) is 24.3 Å². The van der Waals surface area contributed by atoms with Gasteiger partial charge in [0.05, 0.1) is 0 Å². The Morgan fingerprint density at radius 3 is 2.20 bits per heavy atom. The molecule has 1 aromatic carbocycles. The molecule has 1 nitrogen and oxygen atoms in total. The maximum absolute atomic E-state index is 6.25. The maximum atomic E-state index is 6.25. The van der Waals surface area contributed by atoms with E-state index in [1.54, 1.807) is 0 Å². The molecule has 1 aromatic rings. The number of benzene rings is 1.